The van der Waals surface area contributed by atoms with E-state index in [1.807, 2.05) is 0 Å². The van der Waals surface area contributed by atoms with E-state index in [2.05, 4.69) is 41.4 Å². The number of rotatable bonds is 5. The number of nitrogens with two attached hydrogens (primary N) is 1. The summed E-state index contributed by atoms with van der Waals surface area (Å²) in [6.07, 6.45) is 0. The van der Waals surface area contributed by atoms with E-state index in [0.717, 1.165) is 26.3 Å². The molecular formula is C16H26ClN3O2. The Morgan fingerprint density at radius 2 is 1.91 bits per heavy atom. The molecule has 0 aliphatic carbocycles. The number of halogens is 1. The molecule has 5 nitrogen and oxygen atoms in total. The Morgan fingerprint density at radius 1 is 1.32 bits per heavy atom. The lowest BCUT2D eigenvalue weighted by atomic mass is 10.0. The second-order valence-electron chi connectivity index (χ2n) is 5.61. The van der Waals surface area contributed by atoms with Crippen molar-refractivity contribution in [1.82, 2.24) is 10.2 Å². The highest BCUT2D eigenvalue weighted by atomic mass is 35.5. The normalized spacial score (nSPS) is 18.1. The summed E-state index contributed by atoms with van der Waals surface area (Å²) in [5, 5.41) is 2.95. The van der Waals surface area contributed by atoms with Gasteiger partial charge in [0, 0.05) is 19.6 Å². The molecule has 1 aromatic rings. The molecule has 6 heteroatoms. The van der Waals surface area contributed by atoms with Gasteiger partial charge >= 0.3 is 0 Å². The maximum Gasteiger partial charge on any atom is 0.236 e. The fourth-order valence-corrected chi connectivity index (χ4v) is 2.49. The van der Waals surface area contributed by atoms with Crippen molar-refractivity contribution in [2.75, 3.05) is 32.8 Å². The van der Waals surface area contributed by atoms with Crippen molar-refractivity contribution < 1.29 is 9.53 Å². The molecule has 0 aromatic heterocycles. The molecule has 1 aliphatic heterocycles. The first-order valence-corrected chi connectivity index (χ1v) is 7.49. The van der Waals surface area contributed by atoms with Crippen molar-refractivity contribution in [3.8, 4) is 0 Å². The standard InChI is InChI=1S/C16H25N3O2.ClH/c1-12-3-5-14(6-4-12)15(11-18-16(20)13(2)17)19-7-9-21-10-8-19;/h3-6,13,15H,7-11,17H2,1-2H3,(H,18,20);1H. The molecule has 1 aromatic carbocycles. The van der Waals surface area contributed by atoms with Gasteiger partial charge in [0.05, 0.1) is 25.3 Å². The van der Waals surface area contributed by atoms with E-state index in [9.17, 15) is 4.79 Å². The van der Waals surface area contributed by atoms with E-state index in [4.69, 9.17) is 10.5 Å². The predicted octanol–water partition coefficient (Wildman–Crippen LogP) is 1.25. The van der Waals surface area contributed by atoms with Crippen LogP contribution in [0.25, 0.3) is 0 Å². The number of morpholine rings is 1. The van der Waals surface area contributed by atoms with Crippen molar-refractivity contribution >= 4 is 18.3 Å². The third-order valence-corrected chi connectivity index (χ3v) is 3.83. The number of carbonyl (C=O) groups excluding carboxylic acids is 1. The number of nitrogens with one attached hydrogen (secondary N) is 1. The molecule has 124 valence electrons. The van der Waals surface area contributed by atoms with Gasteiger partial charge in [-0.05, 0) is 19.4 Å². The van der Waals surface area contributed by atoms with Crippen molar-refractivity contribution in [3.63, 3.8) is 0 Å². The minimum absolute atomic E-state index is 0. The van der Waals surface area contributed by atoms with Gasteiger partial charge in [0.1, 0.15) is 0 Å². The van der Waals surface area contributed by atoms with Gasteiger partial charge in [-0.1, -0.05) is 29.8 Å². The lowest BCUT2D eigenvalue weighted by Gasteiger charge is -2.35. The van der Waals surface area contributed by atoms with E-state index in [1.165, 1.54) is 11.1 Å². The van der Waals surface area contributed by atoms with Crippen LogP contribution in [-0.2, 0) is 9.53 Å². The highest BCUT2D eigenvalue weighted by molar-refractivity contribution is 5.85. The summed E-state index contributed by atoms with van der Waals surface area (Å²) in [6, 6.07) is 8.17. The zero-order chi connectivity index (χ0) is 15.2. The summed E-state index contributed by atoms with van der Waals surface area (Å²) < 4.78 is 5.42. The van der Waals surface area contributed by atoms with Crippen LogP contribution in [0.1, 0.15) is 24.1 Å². The Balaban J connectivity index is 0.00000242. The molecule has 22 heavy (non-hydrogen) atoms. The number of aryl methyl sites for hydroxylation is 1. The quantitative estimate of drug-likeness (QED) is 0.854. The first kappa shape index (κ1) is 18.9. The number of ether oxygens (including phenoxy) is 1. The average molecular weight is 328 g/mol. The molecule has 2 rings (SSSR count). The second kappa shape index (κ2) is 9.10. The Hall–Kier alpha value is -1.14. The SMILES string of the molecule is Cc1ccc(C(CNC(=O)C(C)N)N2CCOCC2)cc1.Cl. The zero-order valence-corrected chi connectivity index (χ0v) is 14.1. The Bertz CT molecular complexity index is 459. The van der Waals surface area contributed by atoms with Crippen LogP contribution in [0.4, 0.5) is 0 Å². The molecule has 1 saturated heterocycles. The van der Waals surface area contributed by atoms with Gasteiger partial charge in [-0.25, -0.2) is 0 Å². The number of hydrogen-bond acceptors (Lipinski definition) is 4. The molecule has 1 heterocycles. The van der Waals surface area contributed by atoms with Crippen LogP contribution < -0.4 is 11.1 Å². The molecule has 0 saturated carbocycles. The number of nitrogens with zero attached hydrogens (tertiary/aromatic N) is 1. The van der Waals surface area contributed by atoms with Gasteiger partial charge in [0.15, 0.2) is 0 Å². The largest absolute Gasteiger partial charge is 0.379 e. The lowest BCUT2D eigenvalue weighted by Crippen LogP contribution is -2.46. The zero-order valence-electron chi connectivity index (χ0n) is 13.2. The van der Waals surface area contributed by atoms with Gasteiger partial charge in [0.2, 0.25) is 5.91 Å². The Morgan fingerprint density at radius 3 is 2.45 bits per heavy atom. The second-order valence-corrected chi connectivity index (χ2v) is 5.61. The number of benzene rings is 1. The molecule has 1 fully saturated rings. The van der Waals surface area contributed by atoms with E-state index in [-0.39, 0.29) is 24.4 Å². The molecule has 1 aliphatic rings. The third-order valence-electron chi connectivity index (χ3n) is 3.83. The predicted molar refractivity (Wildman–Crippen MR) is 90.2 cm³/mol. The molecule has 0 bridgehead atoms. The Kier molecular flexibility index (Phi) is 7.82. The van der Waals surface area contributed by atoms with Gasteiger partial charge in [-0.3, -0.25) is 9.69 Å². The first-order valence-electron chi connectivity index (χ1n) is 7.49. The van der Waals surface area contributed by atoms with Crippen LogP contribution in [0.3, 0.4) is 0 Å². The smallest absolute Gasteiger partial charge is 0.236 e. The minimum Gasteiger partial charge on any atom is -0.379 e. The summed E-state index contributed by atoms with van der Waals surface area (Å²) in [5.74, 6) is -0.111. The lowest BCUT2D eigenvalue weighted by molar-refractivity contribution is -0.122. The van der Waals surface area contributed by atoms with Gasteiger partial charge in [-0.2, -0.15) is 0 Å². The molecule has 2 unspecified atom stereocenters. The van der Waals surface area contributed by atoms with Crippen molar-refractivity contribution in [2.24, 2.45) is 5.73 Å². The maximum atomic E-state index is 11.7. The fourth-order valence-electron chi connectivity index (χ4n) is 2.49. The van der Waals surface area contributed by atoms with Crippen LogP contribution in [-0.4, -0.2) is 49.7 Å². The first-order chi connectivity index (χ1) is 10.1. The highest BCUT2D eigenvalue weighted by Gasteiger charge is 2.23. The monoisotopic (exact) mass is 327 g/mol. The van der Waals surface area contributed by atoms with Crippen LogP contribution in [0.15, 0.2) is 24.3 Å². The molecule has 0 radical (unpaired) electrons. The van der Waals surface area contributed by atoms with Crippen LogP contribution in [0.2, 0.25) is 0 Å². The minimum atomic E-state index is -0.478. The van der Waals surface area contributed by atoms with Gasteiger partial charge in [0.25, 0.3) is 0 Å². The topological polar surface area (TPSA) is 67.6 Å². The van der Waals surface area contributed by atoms with E-state index >= 15 is 0 Å². The molecule has 3 N–H and O–H groups in total. The molecule has 1 amide bonds. The Labute approximate surface area is 138 Å². The average Bonchev–Trinajstić information content (AvgIpc) is 2.50. The summed E-state index contributed by atoms with van der Waals surface area (Å²) >= 11 is 0. The van der Waals surface area contributed by atoms with Crippen molar-refractivity contribution in [2.45, 2.75) is 25.9 Å². The van der Waals surface area contributed by atoms with Crippen LogP contribution in [0, 0.1) is 6.92 Å². The van der Waals surface area contributed by atoms with Crippen LogP contribution >= 0.6 is 12.4 Å². The number of amides is 1. The molecular weight excluding hydrogens is 302 g/mol. The summed E-state index contributed by atoms with van der Waals surface area (Å²) in [6.45, 7) is 7.59. The van der Waals surface area contributed by atoms with Crippen LogP contribution in [0.5, 0.6) is 0 Å². The van der Waals surface area contributed by atoms with Crippen molar-refractivity contribution in [1.29, 1.82) is 0 Å². The van der Waals surface area contributed by atoms with E-state index in [0.29, 0.717) is 6.54 Å². The highest BCUT2D eigenvalue weighted by Crippen LogP contribution is 2.21. The summed E-state index contributed by atoms with van der Waals surface area (Å²) in [5.41, 5.74) is 8.06. The molecule has 0 spiro atoms. The molecule has 2 atom stereocenters. The number of carbonyl (C=O) groups is 1. The fraction of sp³-hybridized carbons (Fsp3) is 0.562. The van der Waals surface area contributed by atoms with Gasteiger partial charge in [-0.15, -0.1) is 12.4 Å². The summed E-state index contributed by atoms with van der Waals surface area (Å²) in [4.78, 5) is 14.1. The number of hydrogen-bond donors (Lipinski definition) is 2. The van der Waals surface area contributed by atoms with E-state index in [1.54, 1.807) is 6.92 Å². The van der Waals surface area contributed by atoms with E-state index < -0.39 is 6.04 Å². The maximum absolute atomic E-state index is 11.7. The van der Waals surface area contributed by atoms with Gasteiger partial charge < -0.3 is 15.8 Å². The third kappa shape index (κ3) is 5.25. The summed E-state index contributed by atoms with van der Waals surface area (Å²) in [7, 11) is 0. The van der Waals surface area contributed by atoms with Crippen molar-refractivity contribution in [3.05, 3.63) is 35.4 Å².